The number of rotatable bonds is 6. The summed E-state index contributed by atoms with van der Waals surface area (Å²) < 4.78 is 7.11. The molecule has 128 valence electrons. The summed E-state index contributed by atoms with van der Waals surface area (Å²) in [6.07, 6.45) is 1.08. The van der Waals surface area contributed by atoms with E-state index in [2.05, 4.69) is 43.1 Å². The van der Waals surface area contributed by atoms with Gasteiger partial charge in [0, 0.05) is 19.2 Å². The summed E-state index contributed by atoms with van der Waals surface area (Å²) in [6, 6.07) is 8.62. The van der Waals surface area contributed by atoms with E-state index in [1.165, 1.54) is 5.56 Å². The minimum Gasteiger partial charge on any atom is -0.383 e. The van der Waals surface area contributed by atoms with Crippen molar-refractivity contribution in [2.75, 3.05) is 20.3 Å². The number of carbonyl (C=O) groups is 1. The molecule has 0 N–H and O–H groups in total. The number of aromatic nitrogens is 2. The molecule has 0 bridgehead atoms. The summed E-state index contributed by atoms with van der Waals surface area (Å²) in [5.41, 5.74) is 4.39. The van der Waals surface area contributed by atoms with Crippen LogP contribution in [0.25, 0.3) is 11.3 Å². The molecule has 2 aromatic rings. The van der Waals surface area contributed by atoms with E-state index in [-0.39, 0.29) is 5.91 Å². The summed E-state index contributed by atoms with van der Waals surface area (Å²) in [5, 5.41) is 0. The Morgan fingerprint density at radius 3 is 2.58 bits per heavy atom. The number of fused-ring (bicyclic) bond motifs is 1. The van der Waals surface area contributed by atoms with Crippen LogP contribution in [0.2, 0.25) is 0 Å². The summed E-state index contributed by atoms with van der Waals surface area (Å²) in [4.78, 5) is 18.8. The van der Waals surface area contributed by atoms with Crippen molar-refractivity contribution < 1.29 is 9.53 Å². The van der Waals surface area contributed by atoms with Crippen molar-refractivity contribution in [3.8, 4) is 11.3 Å². The van der Waals surface area contributed by atoms with Crippen LogP contribution in [-0.2, 0) is 17.8 Å². The third-order valence-corrected chi connectivity index (χ3v) is 4.37. The van der Waals surface area contributed by atoms with E-state index >= 15 is 0 Å². The fourth-order valence-corrected chi connectivity index (χ4v) is 3.26. The zero-order valence-corrected chi connectivity index (χ0v) is 14.9. The topological polar surface area (TPSA) is 47.4 Å². The van der Waals surface area contributed by atoms with Crippen molar-refractivity contribution in [3.05, 3.63) is 41.3 Å². The number of benzene rings is 1. The van der Waals surface area contributed by atoms with Crippen molar-refractivity contribution >= 4 is 5.91 Å². The van der Waals surface area contributed by atoms with Crippen molar-refractivity contribution in [2.24, 2.45) is 5.92 Å². The van der Waals surface area contributed by atoms with E-state index in [1.54, 1.807) is 12.0 Å². The van der Waals surface area contributed by atoms with Crippen molar-refractivity contribution in [1.82, 2.24) is 14.5 Å². The molecule has 24 heavy (non-hydrogen) atoms. The third kappa shape index (κ3) is 3.08. The molecule has 0 atom stereocenters. The highest BCUT2D eigenvalue weighted by Gasteiger charge is 2.32. The van der Waals surface area contributed by atoms with Crippen LogP contribution in [0.4, 0.5) is 0 Å². The molecule has 1 aliphatic heterocycles. The van der Waals surface area contributed by atoms with Crippen LogP contribution in [0, 0.1) is 12.8 Å². The number of hydrogen-bond donors (Lipinski definition) is 0. The standard InChI is InChI=1S/C19H25N3O2/c1-13(2)11-15-5-7-16(8-6-15)17-14(3)20-18-19(23)21(9-10-24-4)12-22(17)18/h5-8,13H,9-12H2,1-4H3. The van der Waals surface area contributed by atoms with Crippen LogP contribution in [0.1, 0.15) is 35.7 Å². The predicted molar refractivity (Wildman–Crippen MR) is 93.9 cm³/mol. The molecule has 0 fully saturated rings. The number of methoxy groups -OCH3 is 1. The van der Waals surface area contributed by atoms with Gasteiger partial charge in [-0.15, -0.1) is 0 Å². The first-order chi connectivity index (χ1) is 11.5. The second kappa shape index (κ2) is 6.77. The molecule has 0 saturated heterocycles. The Morgan fingerprint density at radius 2 is 1.96 bits per heavy atom. The predicted octanol–water partition coefficient (Wildman–Crippen LogP) is 3.12. The van der Waals surface area contributed by atoms with Gasteiger partial charge in [0.05, 0.1) is 18.0 Å². The molecule has 1 aliphatic rings. The summed E-state index contributed by atoms with van der Waals surface area (Å²) in [6.45, 7) is 8.08. The quantitative estimate of drug-likeness (QED) is 0.819. The molecule has 1 amide bonds. The molecule has 3 rings (SSSR count). The Bertz CT molecular complexity index is 732. The third-order valence-electron chi connectivity index (χ3n) is 4.37. The fraction of sp³-hybridized carbons (Fsp3) is 0.474. The van der Waals surface area contributed by atoms with Gasteiger partial charge in [0.2, 0.25) is 5.82 Å². The number of aryl methyl sites for hydroxylation is 1. The van der Waals surface area contributed by atoms with E-state index < -0.39 is 0 Å². The molecule has 1 aromatic heterocycles. The van der Waals surface area contributed by atoms with Gasteiger partial charge in [0.15, 0.2) is 0 Å². The highest BCUT2D eigenvalue weighted by Crippen LogP contribution is 2.29. The number of hydrogen-bond acceptors (Lipinski definition) is 3. The van der Waals surface area contributed by atoms with Gasteiger partial charge < -0.3 is 14.2 Å². The van der Waals surface area contributed by atoms with Crippen LogP contribution < -0.4 is 0 Å². The van der Waals surface area contributed by atoms with E-state index in [0.29, 0.717) is 31.6 Å². The second-order valence-corrected chi connectivity index (χ2v) is 6.80. The smallest absolute Gasteiger partial charge is 0.291 e. The Hall–Kier alpha value is -2.14. The number of ether oxygens (including phenoxy) is 1. The van der Waals surface area contributed by atoms with Gasteiger partial charge in [-0.05, 0) is 24.8 Å². The van der Waals surface area contributed by atoms with Crippen LogP contribution in [-0.4, -0.2) is 40.6 Å². The molecule has 5 nitrogen and oxygen atoms in total. The van der Waals surface area contributed by atoms with E-state index in [1.807, 2.05) is 11.5 Å². The molecule has 0 spiro atoms. The van der Waals surface area contributed by atoms with Gasteiger partial charge >= 0.3 is 0 Å². The molecular weight excluding hydrogens is 302 g/mol. The van der Waals surface area contributed by atoms with Crippen molar-refractivity contribution in [3.63, 3.8) is 0 Å². The highest BCUT2D eigenvalue weighted by atomic mass is 16.5. The molecule has 1 aromatic carbocycles. The Kier molecular flexibility index (Phi) is 4.71. The molecule has 2 heterocycles. The normalized spacial score (nSPS) is 13.9. The lowest BCUT2D eigenvalue weighted by Gasteiger charge is -2.15. The zero-order chi connectivity index (χ0) is 17.3. The van der Waals surface area contributed by atoms with Crippen molar-refractivity contribution in [2.45, 2.75) is 33.9 Å². The minimum atomic E-state index is -0.0159. The monoisotopic (exact) mass is 327 g/mol. The number of amides is 1. The van der Waals surface area contributed by atoms with Crippen LogP contribution in [0.3, 0.4) is 0 Å². The zero-order valence-electron chi connectivity index (χ0n) is 14.9. The van der Waals surface area contributed by atoms with Crippen molar-refractivity contribution in [1.29, 1.82) is 0 Å². The lowest BCUT2D eigenvalue weighted by molar-refractivity contribution is 0.0702. The summed E-state index contributed by atoms with van der Waals surface area (Å²) >= 11 is 0. The van der Waals surface area contributed by atoms with E-state index in [0.717, 1.165) is 23.4 Å². The lowest BCUT2D eigenvalue weighted by Crippen LogP contribution is -2.28. The number of nitrogens with zero attached hydrogens (tertiary/aromatic N) is 3. The Morgan fingerprint density at radius 1 is 1.25 bits per heavy atom. The van der Waals surface area contributed by atoms with Gasteiger partial charge in [0.25, 0.3) is 5.91 Å². The maximum atomic E-state index is 12.5. The van der Waals surface area contributed by atoms with Crippen LogP contribution in [0.5, 0.6) is 0 Å². The lowest BCUT2D eigenvalue weighted by atomic mass is 10.0. The average molecular weight is 327 g/mol. The van der Waals surface area contributed by atoms with Gasteiger partial charge in [-0.3, -0.25) is 4.79 Å². The van der Waals surface area contributed by atoms with Crippen LogP contribution >= 0.6 is 0 Å². The van der Waals surface area contributed by atoms with Gasteiger partial charge in [0.1, 0.15) is 6.67 Å². The number of carbonyl (C=O) groups excluding carboxylic acids is 1. The first-order valence-electron chi connectivity index (χ1n) is 8.46. The molecule has 0 radical (unpaired) electrons. The average Bonchev–Trinajstić information content (AvgIpc) is 3.01. The maximum Gasteiger partial charge on any atom is 0.291 e. The minimum absolute atomic E-state index is 0.0159. The van der Waals surface area contributed by atoms with E-state index in [4.69, 9.17) is 4.74 Å². The fourth-order valence-electron chi connectivity index (χ4n) is 3.26. The summed E-state index contributed by atoms with van der Waals surface area (Å²) in [7, 11) is 1.65. The second-order valence-electron chi connectivity index (χ2n) is 6.80. The molecule has 0 unspecified atom stereocenters. The maximum absolute atomic E-state index is 12.5. The molecule has 5 heteroatoms. The highest BCUT2D eigenvalue weighted by molar-refractivity contribution is 5.94. The van der Waals surface area contributed by atoms with Crippen LogP contribution in [0.15, 0.2) is 24.3 Å². The Labute approximate surface area is 143 Å². The Balaban J connectivity index is 1.88. The van der Waals surface area contributed by atoms with Gasteiger partial charge in [-0.25, -0.2) is 4.98 Å². The number of imidazole rings is 1. The molecule has 0 aliphatic carbocycles. The molecular formula is C19H25N3O2. The SMILES string of the molecule is COCCN1Cn2c(nc(C)c2-c2ccc(CC(C)C)cc2)C1=O. The first-order valence-corrected chi connectivity index (χ1v) is 8.46. The first kappa shape index (κ1) is 16.7. The largest absolute Gasteiger partial charge is 0.383 e. The van der Waals surface area contributed by atoms with Gasteiger partial charge in [-0.2, -0.15) is 0 Å². The molecule has 0 saturated carbocycles. The summed E-state index contributed by atoms with van der Waals surface area (Å²) in [5.74, 6) is 1.16. The van der Waals surface area contributed by atoms with E-state index in [9.17, 15) is 4.79 Å². The van der Waals surface area contributed by atoms with Gasteiger partial charge in [-0.1, -0.05) is 38.1 Å².